The van der Waals surface area contributed by atoms with Gasteiger partial charge in [-0.1, -0.05) is 30.1 Å². The van der Waals surface area contributed by atoms with Gasteiger partial charge < -0.3 is 15.5 Å². The van der Waals surface area contributed by atoms with Crippen molar-refractivity contribution in [2.75, 3.05) is 36.9 Å². The molecule has 1 amide bonds. The molecule has 1 aromatic heterocycles. The van der Waals surface area contributed by atoms with E-state index in [-0.39, 0.29) is 12.5 Å². The van der Waals surface area contributed by atoms with Crippen LogP contribution in [0.3, 0.4) is 0 Å². The van der Waals surface area contributed by atoms with Crippen LogP contribution in [0.1, 0.15) is 20.3 Å². The minimum Gasteiger partial charge on any atom is -0.369 e. The summed E-state index contributed by atoms with van der Waals surface area (Å²) in [5.74, 6) is 1.03. The summed E-state index contributed by atoms with van der Waals surface area (Å²) in [5, 5.41) is 6.76. The number of anilines is 2. The maximum Gasteiger partial charge on any atom is 0.239 e. The second-order valence-corrected chi connectivity index (χ2v) is 5.17. The minimum atomic E-state index is -0.0779. The Morgan fingerprint density at radius 2 is 2.05 bits per heavy atom. The van der Waals surface area contributed by atoms with E-state index >= 15 is 0 Å². The molecule has 1 rings (SSSR count). The first-order valence-corrected chi connectivity index (χ1v) is 7.32. The van der Waals surface area contributed by atoms with Crippen molar-refractivity contribution in [3.05, 3.63) is 16.1 Å². The van der Waals surface area contributed by atoms with Crippen LogP contribution in [0.15, 0.2) is 6.07 Å². The highest BCUT2D eigenvalue weighted by molar-refractivity contribution is 6.37. The van der Waals surface area contributed by atoms with Crippen molar-refractivity contribution >= 4 is 40.7 Å². The van der Waals surface area contributed by atoms with E-state index in [0.29, 0.717) is 28.2 Å². The van der Waals surface area contributed by atoms with Gasteiger partial charge in [-0.25, -0.2) is 4.98 Å². The summed E-state index contributed by atoms with van der Waals surface area (Å²) in [4.78, 5) is 17.7. The van der Waals surface area contributed by atoms with Crippen LogP contribution in [0.5, 0.6) is 0 Å². The molecule has 0 aliphatic heterocycles. The number of pyridine rings is 1. The lowest BCUT2D eigenvalue weighted by molar-refractivity contribution is -0.119. The molecule has 1 aromatic rings. The van der Waals surface area contributed by atoms with E-state index in [1.807, 2.05) is 6.92 Å². The van der Waals surface area contributed by atoms with Gasteiger partial charge in [0.15, 0.2) is 0 Å². The molecule has 0 fully saturated rings. The molecule has 112 valence electrons. The molecule has 7 heteroatoms. The van der Waals surface area contributed by atoms with Crippen LogP contribution in [0, 0.1) is 0 Å². The number of rotatable bonds is 7. The van der Waals surface area contributed by atoms with Gasteiger partial charge >= 0.3 is 0 Å². The Bertz CT molecular complexity index is 468. The van der Waals surface area contributed by atoms with Crippen LogP contribution in [-0.4, -0.2) is 37.6 Å². The van der Waals surface area contributed by atoms with E-state index in [2.05, 4.69) is 22.5 Å². The van der Waals surface area contributed by atoms with E-state index in [1.165, 1.54) is 0 Å². The van der Waals surface area contributed by atoms with Crippen molar-refractivity contribution < 1.29 is 4.79 Å². The monoisotopic (exact) mass is 318 g/mol. The quantitative estimate of drug-likeness (QED) is 0.811. The van der Waals surface area contributed by atoms with Crippen LogP contribution in [0.4, 0.5) is 11.6 Å². The third-order valence-electron chi connectivity index (χ3n) is 2.57. The maximum atomic E-state index is 11.6. The Kier molecular flexibility index (Phi) is 6.88. The van der Waals surface area contributed by atoms with Crippen LogP contribution >= 0.6 is 23.2 Å². The Balaban J connectivity index is 2.89. The molecular formula is C13H20Cl2N4O. The van der Waals surface area contributed by atoms with Gasteiger partial charge in [-0.15, -0.1) is 0 Å². The molecule has 0 aliphatic rings. The number of aromatic nitrogens is 1. The smallest absolute Gasteiger partial charge is 0.239 e. The molecule has 1 heterocycles. The largest absolute Gasteiger partial charge is 0.369 e. The molecule has 0 saturated carbocycles. The van der Waals surface area contributed by atoms with E-state index in [0.717, 1.165) is 13.0 Å². The fraction of sp³-hybridized carbons (Fsp3) is 0.538. The number of nitrogens with one attached hydrogen (secondary N) is 2. The summed E-state index contributed by atoms with van der Waals surface area (Å²) in [6.45, 7) is 5.48. The molecule has 0 saturated heterocycles. The number of halogens is 2. The third kappa shape index (κ3) is 4.72. The summed E-state index contributed by atoms with van der Waals surface area (Å²) in [6, 6.07) is 1.64. The van der Waals surface area contributed by atoms with Gasteiger partial charge in [-0.05, 0) is 19.4 Å². The average Bonchev–Trinajstić information content (AvgIpc) is 2.37. The number of amides is 1. The van der Waals surface area contributed by atoms with Crippen molar-refractivity contribution in [3.63, 3.8) is 0 Å². The minimum absolute atomic E-state index is 0.0779. The van der Waals surface area contributed by atoms with Crippen LogP contribution in [-0.2, 0) is 4.79 Å². The van der Waals surface area contributed by atoms with Crippen molar-refractivity contribution in [1.82, 2.24) is 10.3 Å². The highest BCUT2D eigenvalue weighted by atomic mass is 35.5. The lowest BCUT2D eigenvalue weighted by atomic mass is 10.3. The predicted molar refractivity (Wildman–Crippen MR) is 85.0 cm³/mol. The first-order valence-electron chi connectivity index (χ1n) is 6.57. The fourth-order valence-electron chi connectivity index (χ4n) is 1.64. The number of carbonyl (C=O) groups is 1. The highest BCUT2D eigenvalue weighted by Crippen LogP contribution is 2.30. The van der Waals surface area contributed by atoms with Crippen molar-refractivity contribution in [3.8, 4) is 0 Å². The van der Waals surface area contributed by atoms with Gasteiger partial charge in [0.1, 0.15) is 11.6 Å². The van der Waals surface area contributed by atoms with Crippen molar-refractivity contribution in [2.24, 2.45) is 0 Å². The lowest BCUT2D eigenvalue weighted by Gasteiger charge is -2.20. The maximum absolute atomic E-state index is 11.6. The molecule has 0 radical (unpaired) electrons. The van der Waals surface area contributed by atoms with Gasteiger partial charge in [0, 0.05) is 20.1 Å². The van der Waals surface area contributed by atoms with Gasteiger partial charge in [0.25, 0.3) is 0 Å². The first-order chi connectivity index (χ1) is 9.49. The van der Waals surface area contributed by atoms with Gasteiger partial charge in [-0.2, -0.15) is 0 Å². The fourth-order valence-corrected chi connectivity index (χ4v) is 2.20. The SMILES string of the molecule is CCCNc1nc(N(C)CC(=O)NCC)c(Cl)cc1Cl. The Morgan fingerprint density at radius 3 is 2.65 bits per heavy atom. The van der Waals surface area contributed by atoms with E-state index < -0.39 is 0 Å². The zero-order valence-electron chi connectivity index (χ0n) is 12.0. The predicted octanol–water partition coefficient (Wildman–Crippen LogP) is 2.78. The Hall–Kier alpha value is -1.20. The second kappa shape index (κ2) is 8.17. The van der Waals surface area contributed by atoms with Gasteiger partial charge in [0.05, 0.1) is 16.6 Å². The molecule has 5 nitrogen and oxygen atoms in total. The molecular weight excluding hydrogens is 299 g/mol. The number of carbonyl (C=O) groups excluding carboxylic acids is 1. The Labute approximate surface area is 129 Å². The number of hydrogen-bond donors (Lipinski definition) is 2. The molecule has 0 unspecified atom stereocenters. The molecule has 0 spiro atoms. The van der Waals surface area contributed by atoms with Crippen molar-refractivity contribution in [1.29, 1.82) is 0 Å². The average molecular weight is 319 g/mol. The zero-order chi connectivity index (χ0) is 15.1. The summed E-state index contributed by atoms with van der Waals surface area (Å²) < 4.78 is 0. The Morgan fingerprint density at radius 1 is 1.35 bits per heavy atom. The molecule has 0 atom stereocenters. The molecule has 20 heavy (non-hydrogen) atoms. The first kappa shape index (κ1) is 16.9. The molecule has 0 aromatic carbocycles. The number of likely N-dealkylation sites (N-methyl/N-ethyl adjacent to an activating group) is 2. The normalized spacial score (nSPS) is 10.2. The third-order valence-corrected chi connectivity index (χ3v) is 3.14. The van der Waals surface area contributed by atoms with E-state index in [9.17, 15) is 4.79 Å². The molecule has 2 N–H and O–H groups in total. The lowest BCUT2D eigenvalue weighted by Crippen LogP contribution is -2.35. The summed E-state index contributed by atoms with van der Waals surface area (Å²) in [7, 11) is 1.76. The molecule has 0 aliphatic carbocycles. The summed E-state index contributed by atoms with van der Waals surface area (Å²) >= 11 is 12.2. The van der Waals surface area contributed by atoms with Crippen LogP contribution < -0.4 is 15.5 Å². The number of hydrogen-bond acceptors (Lipinski definition) is 4. The summed E-state index contributed by atoms with van der Waals surface area (Å²) in [5.41, 5.74) is 0. The van der Waals surface area contributed by atoms with E-state index in [1.54, 1.807) is 18.0 Å². The van der Waals surface area contributed by atoms with E-state index in [4.69, 9.17) is 23.2 Å². The molecule has 0 bridgehead atoms. The second-order valence-electron chi connectivity index (χ2n) is 4.36. The number of nitrogens with zero attached hydrogens (tertiary/aromatic N) is 2. The van der Waals surface area contributed by atoms with Gasteiger partial charge in [0.2, 0.25) is 5.91 Å². The topological polar surface area (TPSA) is 57.3 Å². The van der Waals surface area contributed by atoms with Crippen LogP contribution in [0.2, 0.25) is 10.0 Å². The standard InChI is InChI=1S/C13H20Cl2N4O/c1-4-6-17-12-9(14)7-10(15)13(18-12)19(3)8-11(20)16-5-2/h7H,4-6,8H2,1-3H3,(H,16,20)(H,17,18). The highest BCUT2D eigenvalue weighted by Gasteiger charge is 2.14. The summed E-state index contributed by atoms with van der Waals surface area (Å²) in [6.07, 6.45) is 0.963. The zero-order valence-corrected chi connectivity index (χ0v) is 13.5. The van der Waals surface area contributed by atoms with Crippen molar-refractivity contribution in [2.45, 2.75) is 20.3 Å². The van der Waals surface area contributed by atoms with Crippen LogP contribution in [0.25, 0.3) is 0 Å². The van der Waals surface area contributed by atoms with Gasteiger partial charge in [-0.3, -0.25) is 4.79 Å².